The molecule has 1 rings (SSSR count). The van der Waals surface area contributed by atoms with Gasteiger partial charge in [-0.2, -0.15) is 4.98 Å². The van der Waals surface area contributed by atoms with Crippen molar-refractivity contribution in [3.63, 3.8) is 0 Å². The normalized spacial score (nSPS) is 10.6. The Morgan fingerprint density at radius 2 is 2.00 bits per heavy atom. The number of aryl methyl sites for hydroxylation is 1. The Labute approximate surface area is 120 Å². The number of hydrogen-bond donors (Lipinski definition) is 1. The quantitative estimate of drug-likeness (QED) is 0.627. The van der Waals surface area contributed by atoms with Crippen LogP contribution in [0.1, 0.15) is 25.6 Å². The zero-order valence-electron chi connectivity index (χ0n) is 12.6. The molecule has 0 aliphatic rings. The van der Waals surface area contributed by atoms with Crippen LogP contribution in [0.4, 0.5) is 5.82 Å². The monoisotopic (exact) mass is 283 g/mol. The highest BCUT2D eigenvalue weighted by molar-refractivity contribution is 5.38. The van der Waals surface area contributed by atoms with Gasteiger partial charge in [0.2, 0.25) is 5.88 Å². The molecule has 0 aliphatic carbocycles. The first-order valence-electron chi connectivity index (χ1n) is 7.05. The molecular formula is C14H25N3O3. The number of nitrogens with one attached hydrogen (secondary N) is 1. The molecule has 0 fully saturated rings. The highest BCUT2D eigenvalue weighted by atomic mass is 16.5. The van der Waals surface area contributed by atoms with E-state index in [4.69, 9.17) is 14.2 Å². The number of methoxy groups -OCH3 is 1. The molecule has 0 saturated heterocycles. The van der Waals surface area contributed by atoms with Gasteiger partial charge in [0.1, 0.15) is 18.2 Å². The van der Waals surface area contributed by atoms with E-state index in [9.17, 15) is 0 Å². The fraction of sp³-hybridized carbons (Fsp3) is 0.714. The lowest BCUT2D eigenvalue weighted by Gasteiger charge is -2.09. The minimum Gasteiger partial charge on any atom is -0.475 e. The second-order valence-electron chi connectivity index (χ2n) is 4.37. The van der Waals surface area contributed by atoms with E-state index < -0.39 is 0 Å². The highest BCUT2D eigenvalue weighted by Gasteiger charge is 2.02. The van der Waals surface area contributed by atoms with Gasteiger partial charge < -0.3 is 19.5 Å². The summed E-state index contributed by atoms with van der Waals surface area (Å²) in [6.07, 6.45) is 1.95. The summed E-state index contributed by atoms with van der Waals surface area (Å²) in [5.41, 5.74) is 0. The van der Waals surface area contributed by atoms with E-state index in [1.54, 1.807) is 7.11 Å². The first kappa shape index (κ1) is 16.7. The first-order chi connectivity index (χ1) is 9.76. The Balaban J connectivity index is 2.26. The predicted molar refractivity (Wildman–Crippen MR) is 78.4 cm³/mol. The maximum atomic E-state index is 5.57. The van der Waals surface area contributed by atoms with Gasteiger partial charge in [-0.3, -0.25) is 0 Å². The summed E-state index contributed by atoms with van der Waals surface area (Å²) in [7, 11) is 1.69. The van der Waals surface area contributed by atoms with Crippen molar-refractivity contribution in [2.24, 2.45) is 0 Å². The van der Waals surface area contributed by atoms with Crippen LogP contribution < -0.4 is 10.1 Å². The van der Waals surface area contributed by atoms with Crippen molar-refractivity contribution in [2.45, 2.75) is 26.7 Å². The number of nitrogens with zero attached hydrogens (tertiary/aromatic N) is 2. The predicted octanol–water partition coefficient (Wildman–Crippen LogP) is 2.04. The van der Waals surface area contributed by atoms with Crippen LogP contribution in [-0.4, -0.2) is 50.1 Å². The van der Waals surface area contributed by atoms with E-state index in [2.05, 4.69) is 22.2 Å². The molecule has 0 atom stereocenters. The Morgan fingerprint density at radius 3 is 2.75 bits per heavy atom. The van der Waals surface area contributed by atoms with Gasteiger partial charge in [-0.05, 0) is 19.8 Å². The number of ether oxygens (including phenoxy) is 3. The zero-order chi connectivity index (χ0) is 14.6. The van der Waals surface area contributed by atoms with Crippen LogP contribution in [0.15, 0.2) is 6.07 Å². The molecule has 1 heterocycles. The van der Waals surface area contributed by atoms with Crippen molar-refractivity contribution in [1.82, 2.24) is 9.97 Å². The Bertz CT molecular complexity index is 375. The fourth-order valence-corrected chi connectivity index (χ4v) is 1.57. The molecular weight excluding hydrogens is 258 g/mol. The van der Waals surface area contributed by atoms with E-state index in [0.29, 0.717) is 31.5 Å². The van der Waals surface area contributed by atoms with Gasteiger partial charge in [-0.15, -0.1) is 0 Å². The molecule has 0 radical (unpaired) electrons. The summed E-state index contributed by atoms with van der Waals surface area (Å²) in [5, 5.41) is 3.22. The number of aromatic nitrogens is 2. The van der Waals surface area contributed by atoms with Crippen molar-refractivity contribution in [1.29, 1.82) is 0 Å². The van der Waals surface area contributed by atoms with Gasteiger partial charge in [0.25, 0.3) is 0 Å². The van der Waals surface area contributed by atoms with Crippen LogP contribution in [-0.2, 0) is 9.47 Å². The van der Waals surface area contributed by atoms with Gasteiger partial charge in [0.15, 0.2) is 0 Å². The molecule has 1 aromatic rings. The molecule has 6 nitrogen and oxygen atoms in total. The van der Waals surface area contributed by atoms with Crippen molar-refractivity contribution in [2.75, 3.05) is 45.4 Å². The zero-order valence-corrected chi connectivity index (χ0v) is 12.6. The lowest BCUT2D eigenvalue weighted by atomic mass is 10.4. The third-order valence-electron chi connectivity index (χ3n) is 2.49. The maximum Gasteiger partial charge on any atom is 0.218 e. The maximum absolute atomic E-state index is 5.57. The van der Waals surface area contributed by atoms with Gasteiger partial charge >= 0.3 is 0 Å². The molecule has 0 amide bonds. The summed E-state index contributed by atoms with van der Waals surface area (Å²) in [6, 6.07) is 1.81. The largest absolute Gasteiger partial charge is 0.475 e. The molecule has 0 aromatic carbocycles. The third-order valence-corrected chi connectivity index (χ3v) is 2.49. The second kappa shape index (κ2) is 10.4. The van der Waals surface area contributed by atoms with Crippen molar-refractivity contribution in [3.05, 3.63) is 11.9 Å². The lowest BCUT2D eigenvalue weighted by molar-refractivity contribution is 0.0795. The van der Waals surface area contributed by atoms with Crippen molar-refractivity contribution in [3.8, 4) is 5.88 Å². The molecule has 6 heteroatoms. The second-order valence-corrected chi connectivity index (χ2v) is 4.37. The van der Waals surface area contributed by atoms with E-state index in [-0.39, 0.29) is 0 Å². The molecule has 0 aliphatic heterocycles. The lowest BCUT2D eigenvalue weighted by Crippen LogP contribution is -2.10. The van der Waals surface area contributed by atoms with E-state index >= 15 is 0 Å². The Morgan fingerprint density at radius 1 is 1.15 bits per heavy atom. The molecule has 20 heavy (non-hydrogen) atoms. The van der Waals surface area contributed by atoms with E-state index in [0.717, 1.165) is 31.8 Å². The van der Waals surface area contributed by atoms with Crippen LogP contribution in [0, 0.1) is 6.92 Å². The van der Waals surface area contributed by atoms with E-state index in [1.165, 1.54) is 0 Å². The number of anilines is 1. The van der Waals surface area contributed by atoms with Crippen LogP contribution in [0.3, 0.4) is 0 Å². The molecule has 0 bridgehead atoms. The van der Waals surface area contributed by atoms with Crippen molar-refractivity contribution >= 4 is 5.82 Å². The summed E-state index contributed by atoms with van der Waals surface area (Å²) in [5.74, 6) is 2.08. The molecule has 114 valence electrons. The van der Waals surface area contributed by atoms with E-state index in [1.807, 2.05) is 13.0 Å². The standard InChI is InChI=1S/C14H25N3O3/c1-4-6-15-13-11-14(17-12(2)16-13)20-10-9-19-8-5-7-18-3/h11H,4-10H2,1-3H3,(H,15,16,17). The van der Waals surface area contributed by atoms with Gasteiger partial charge in [-0.25, -0.2) is 4.98 Å². The Hall–Kier alpha value is -1.40. The molecule has 0 unspecified atom stereocenters. The van der Waals surface area contributed by atoms with Gasteiger partial charge in [0, 0.05) is 32.9 Å². The number of hydrogen-bond acceptors (Lipinski definition) is 6. The summed E-state index contributed by atoms with van der Waals surface area (Å²) in [4.78, 5) is 8.54. The average Bonchev–Trinajstić information content (AvgIpc) is 2.43. The molecule has 1 N–H and O–H groups in total. The molecule has 1 aromatic heterocycles. The molecule has 0 spiro atoms. The van der Waals surface area contributed by atoms with Crippen LogP contribution >= 0.6 is 0 Å². The van der Waals surface area contributed by atoms with Crippen molar-refractivity contribution < 1.29 is 14.2 Å². The fourth-order valence-electron chi connectivity index (χ4n) is 1.57. The van der Waals surface area contributed by atoms with Gasteiger partial charge in [-0.1, -0.05) is 6.92 Å². The first-order valence-corrected chi connectivity index (χ1v) is 7.05. The van der Waals surface area contributed by atoms with Crippen LogP contribution in [0.2, 0.25) is 0 Å². The summed E-state index contributed by atoms with van der Waals surface area (Å²) < 4.78 is 15.9. The molecule has 0 saturated carbocycles. The smallest absolute Gasteiger partial charge is 0.218 e. The number of rotatable bonds is 11. The summed E-state index contributed by atoms with van der Waals surface area (Å²) >= 11 is 0. The van der Waals surface area contributed by atoms with Crippen LogP contribution in [0.5, 0.6) is 5.88 Å². The SMILES string of the molecule is CCCNc1cc(OCCOCCCOC)nc(C)n1. The Kier molecular flexibility index (Phi) is 8.66. The third kappa shape index (κ3) is 7.25. The van der Waals surface area contributed by atoms with Crippen LogP contribution in [0.25, 0.3) is 0 Å². The summed E-state index contributed by atoms with van der Waals surface area (Å²) in [6.45, 7) is 7.28. The minimum absolute atomic E-state index is 0.483. The topological polar surface area (TPSA) is 65.5 Å². The average molecular weight is 283 g/mol. The minimum atomic E-state index is 0.483. The highest BCUT2D eigenvalue weighted by Crippen LogP contribution is 2.13. The van der Waals surface area contributed by atoms with Gasteiger partial charge in [0.05, 0.1) is 6.61 Å².